The van der Waals surface area contributed by atoms with Crippen molar-refractivity contribution in [3.63, 3.8) is 0 Å². The molecule has 1 aromatic heterocycles. The molecule has 1 heterocycles. The Kier molecular flexibility index (Phi) is 5.59. The van der Waals surface area contributed by atoms with Crippen molar-refractivity contribution in [1.29, 1.82) is 0 Å². The summed E-state index contributed by atoms with van der Waals surface area (Å²) in [6.07, 6.45) is 4.31. The van der Waals surface area contributed by atoms with Crippen molar-refractivity contribution in [2.24, 2.45) is 0 Å². The molecular formula is C16H12N4O3. The normalized spacial score (nSPS) is 9.39. The second-order valence-corrected chi connectivity index (χ2v) is 4.30. The third-order valence-electron chi connectivity index (χ3n) is 2.76. The lowest BCUT2D eigenvalue weighted by Crippen LogP contribution is -2.01. The van der Waals surface area contributed by atoms with E-state index < -0.39 is 4.92 Å². The van der Waals surface area contributed by atoms with Crippen LogP contribution in [0.5, 0.6) is 0 Å². The third-order valence-corrected chi connectivity index (χ3v) is 2.76. The predicted octanol–water partition coefficient (Wildman–Crippen LogP) is 2.70. The molecule has 3 rings (SSSR count). The van der Waals surface area contributed by atoms with E-state index in [-0.39, 0.29) is 11.5 Å². The van der Waals surface area contributed by atoms with Crippen LogP contribution in [0.4, 0.5) is 5.69 Å². The minimum absolute atomic E-state index is 0.0771. The minimum Gasteiger partial charge on any atom is -0.289 e. The van der Waals surface area contributed by atoms with Crippen molar-refractivity contribution >= 4 is 11.5 Å². The molecule has 0 spiro atoms. The van der Waals surface area contributed by atoms with Gasteiger partial charge >= 0.3 is 0 Å². The number of nitro benzene ring substituents is 1. The monoisotopic (exact) mass is 308 g/mol. The average molecular weight is 308 g/mol. The lowest BCUT2D eigenvalue weighted by Gasteiger charge is -2.00. The van der Waals surface area contributed by atoms with Crippen LogP contribution < -0.4 is 0 Å². The molecule has 0 bridgehead atoms. The van der Waals surface area contributed by atoms with Gasteiger partial charge in [-0.1, -0.05) is 42.5 Å². The van der Waals surface area contributed by atoms with Crippen molar-refractivity contribution < 1.29 is 9.72 Å². The van der Waals surface area contributed by atoms with Crippen molar-refractivity contribution in [1.82, 2.24) is 15.0 Å². The van der Waals surface area contributed by atoms with Crippen LogP contribution in [0.1, 0.15) is 15.9 Å². The Morgan fingerprint density at radius 3 is 1.91 bits per heavy atom. The molecule has 0 saturated heterocycles. The number of non-ortho nitro benzene ring substituents is 1. The molecule has 0 aliphatic rings. The second-order valence-electron chi connectivity index (χ2n) is 4.30. The molecule has 0 atom stereocenters. The lowest BCUT2D eigenvalue weighted by atomic mass is 10.0. The van der Waals surface area contributed by atoms with Gasteiger partial charge in [0.25, 0.3) is 5.69 Å². The standard InChI is InChI=1S/C13H9NO3.C3H3N3/c15-13(10-5-2-1-3-6-10)11-7-4-8-12(9-11)14(16)17;1-4-2-6-3-5-1/h1-9H;1-3H. The lowest BCUT2D eigenvalue weighted by molar-refractivity contribution is -0.384. The average Bonchev–Trinajstić information content (AvgIpc) is 2.64. The number of aromatic nitrogens is 3. The van der Waals surface area contributed by atoms with E-state index in [2.05, 4.69) is 15.0 Å². The Bertz CT molecular complexity index is 753. The van der Waals surface area contributed by atoms with Gasteiger partial charge in [-0.15, -0.1) is 0 Å². The van der Waals surface area contributed by atoms with Crippen molar-refractivity contribution in [3.8, 4) is 0 Å². The first kappa shape index (κ1) is 15.9. The van der Waals surface area contributed by atoms with Crippen LogP contribution in [0.25, 0.3) is 0 Å². The number of hydrogen-bond donors (Lipinski definition) is 0. The highest BCUT2D eigenvalue weighted by Gasteiger charge is 2.12. The second kappa shape index (κ2) is 8.08. The Morgan fingerprint density at radius 2 is 1.39 bits per heavy atom. The van der Waals surface area contributed by atoms with E-state index in [0.717, 1.165) is 0 Å². The van der Waals surface area contributed by atoms with E-state index in [4.69, 9.17) is 0 Å². The zero-order valence-electron chi connectivity index (χ0n) is 11.9. The van der Waals surface area contributed by atoms with Crippen LogP contribution in [0.2, 0.25) is 0 Å². The third kappa shape index (κ3) is 4.78. The van der Waals surface area contributed by atoms with Gasteiger partial charge in [0.05, 0.1) is 4.92 Å². The molecule has 0 fully saturated rings. The number of benzene rings is 2. The molecule has 0 unspecified atom stereocenters. The number of hydrogen-bond acceptors (Lipinski definition) is 6. The van der Waals surface area contributed by atoms with Crippen LogP contribution in [0.3, 0.4) is 0 Å². The summed E-state index contributed by atoms with van der Waals surface area (Å²) in [6.45, 7) is 0. The number of carbonyl (C=O) groups is 1. The quantitative estimate of drug-likeness (QED) is 0.419. The van der Waals surface area contributed by atoms with E-state index in [9.17, 15) is 14.9 Å². The van der Waals surface area contributed by atoms with Gasteiger partial charge in [-0.2, -0.15) is 0 Å². The van der Waals surface area contributed by atoms with Gasteiger partial charge in [-0.3, -0.25) is 14.9 Å². The molecule has 7 nitrogen and oxygen atoms in total. The van der Waals surface area contributed by atoms with Gasteiger partial charge < -0.3 is 0 Å². The fraction of sp³-hybridized carbons (Fsp3) is 0. The fourth-order valence-corrected chi connectivity index (χ4v) is 1.72. The zero-order chi connectivity index (χ0) is 16.5. The van der Waals surface area contributed by atoms with Crippen molar-refractivity contribution in [2.75, 3.05) is 0 Å². The molecule has 7 heteroatoms. The Hall–Kier alpha value is -3.48. The smallest absolute Gasteiger partial charge is 0.270 e. The molecule has 0 aliphatic carbocycles. The van der Waals surface area contributed by atoms with Gasteiger partial charge in [0.1, 0.15) is 19.0 Å². The Balaban J connectivity index is 0.000000268. The van der Waals surface area contributed by atoms with Crippen LogP contribution >= 0.6 is 0 Å². The van der Waals surface area contributed by atoms with Crippen LogP contribution in [0, 0.1) is 10.1 Å². The number of ketones is 1. The maximum absolute atomic E-state index is 12.0. The fourth-order valence-electron chi connectivity index (χ4n) is 1.72. The first-order valence-electron chi connectivity index (χ1n) is 6.57. The van der Waals surface area contributed by atoms with Crippen LogP contribution in [-0.2, 0) is 0 Å². The van der Waals surface area contributed by atoms with E-state index in [1.165, 1.54) is 37.2 Å². The van der Waals surface area contributed by atoms with E-state index >= 15 is 0 Å². The molecule has 0 saturated carbocycles. The Labute approximate surface area is 131 Å². The summed E-state index contributed by atoms with van der Waals surface area (Å²) < 4.78 is 0. The van der Waals surface area contributed by atoms with Gasteiger partial charge in [0.2, 0.25) is 0 Å². The van der Waals surface area contributed by atoms with Crippen LogP contribution in [-0.4, -0.2) is 25.7 Å². The number of carbonyl (C=O) groups excluding carboxylic acids is 1. The number of nitro groups is 1. The summed E-state index contributed by atoms with van der Waals surface area (Å²) in [5, 5.41) is 10.6. The Morgan fingerprint density at radius 1 is 0.826 bits per heavy atom. The van der Waals surface area contributed by atoms with E-state index in [1.54, 1.807) is 30.3 Å². The SMILES string of the molecule is O=C(c1ccccc1)c1cccc([N+](=O)[O-])c1.c1ncncn1. The van der Waals surface area contributed by atoms with Crippen molar-refractivity contribution in [3.05, 3.63) is 94.8 Å². The highest BCUT2D eigenvalue weighted by Crippen LogP contribution is 2.16. The summed E-state index contributed by atoms with van der Waals surface area (Å²) >= 11 is 0. The van der Waals surface area contributed by atoms with Gasteiger partial charge in [0, 0.05) is 23.3 Å². The molecule has 0 aliphatic heterocycles. The van der Waals surface area contributed by atoms with E-state index in [1.807, 2.05) is 6.07 Å². The minimum atomic E-state index is -0.512. The summed E-state index contributed by atoms with van der Waals surface area (Å²) in [5.74, 6) is -0.214. The van der Waals surface area contributed by atoms with Crippen LogP contribution in [0.15, 0.2) is 73.6 Å². The van der Waals surface area contributed by atoms with E-state index in [0.29, 0.717) is 11.1 Å². The first-order valence-corrected chi connectivity index (χ1v) is 6.57. The molecule has 0 N–H and O–H groups in total. The largest absolute Gasteiger partial charge is 0.289 e. The molecular weight excluding hydrogens is 296 g/mol. The maximum atomic E-state index is 12.0. The first-order chi connectivity index (χ1) is 11.2. The molecule has 114 valence electrons. The number of rotatable bonds is 3. The van der Waals surface area contributed by atoms with Gasteiger partial charge in [-0.05, 0) is 0 Å². The highest BCUT2D eigenvalue weighted by molar-refractivity contribution is 6.09. The highest BCUT2D eigenvalue weighted by atomic mass is 16.6. The predicted molar refractivity (Wildman–Crippen MR) is 82.8 cm³/mol. The summed E-state index contributed by atoms with van der Waals surface area (Å²) in [7, 11) is 0. The molecule has 0 amide bonds. The number of nitrogens with zero attached hydrogens (tertiary/aromatic N) is 4. The van der Waals surface area contributed by atoms with Gasteiger partial charge in [-0.25, -0.2) is 15.0 Å². The molecule has 23 heavy (non-hydrogen) atoms. The maximum Gasteiger partial charge on any atom is 0.270 e. The van der Waals surface area contributed by atoms with Crippen molar-refractivity contribution in [2.45, 2.75) is 0 Å². The molecule has 0 radical (unpaired) electrons. The van der Waals surface area contributed by atoms with Gasteiger partial charge in [0.15, 0.2) is 5.78 Å². The molecule has 3 aromatic rings. The zero-order valence-corrected chi connectivity index (χ0v) is 11.9. The summed E-state index contributed by atoms with van der Waals surface area (Å²) in [6, 6.07) is 14.4. The molecule has 2 aromatic carbocycles. The summed E-state index contributed by atoms with van der Waals surface area (Å²) in [5.41, 5.74) is 0.769. The summed E-state index contributed by atoms with van der Waals surface area (Å²) in [4.78, 5) is 32.8. The topological polar surface area (TPSA) is 98.9 Å².